The van der Waals surface area contributed by atoms with Crippen molar-refractivity contribution < 1.29 is 19.7 Å². The Labute approximate surface area is 130 Å². The van der Waals surface area contributed by atoms with E-state index < -0.39 is 12.2 Å². The van der Waals surface area contributed by atoms with Gasteiger partial charge in [0.1, 0.15) is 0 Å². The number of hydrogen-bond donors (Lipinski definition) is 2. The highest BCUT2D eigenvalue weighted by Crippen LogP contribution is 2.41. The van der Waals surface area contributed by atoms with E-state index in [0.717, 1.165) is 6.42 Å². The molecule has 0 bridgehead atoms. The molecule has 0 spiro atoms. The minimum absolute atomic E-state index is 0.0153. The first-order valence-corrected chi connectivity index (χ1v) is 8.02. The molecule has 128 valence electrons. The first kappa shape index (κ1) is 20.8. The van der Waals surface area contributed by atoms with E-state index in [1.54, 1.807) is 13.8 Å². The van der Waals surface area contributed by atoms with Gasteiger partial charge in [-0.1, -0.05) is 20.8 Å². The fourth-order valence-corrected chi connectivity index (χ4v) is 2.61. The number of rotatable bonds is 10. The van der Waals surface area contributed by atoms with Gasteiger partial charge in [0.05, 0.1) is 37.1 Å². The maximum Gasteiger partial charge on any atom is 0.0745 e. The largest absolute Gasteiger partial charge is 0.391 e. The summed E-state index contributed by atoms with van der Waals surface area (Å²) in [7, 11) is 0. The van der Waals surface area contributed by atoms with Gasteiger partial charge in [-0.2, -0.15) is 0 Å². The summed E-state index contributed by atoms with van der Waals surface area (Å²) in [6, 6.07) is 0. The lowest BCUT2D eigenvalue weighted by Crippen LogP contribution is -2.45. The predicted molar refractivity (Wildman–Crippen MR) is 86.4 cm³/mol. The van der Waals surface area contributed by atoms with Gasteiger partial charge in [-0.3, -0.25) is 0 Å². The number of hydrogen-bond acceptors (Lipinski definition) is 4. The van der Waals surface area contributed by atoms with Crippen molar-refractivity contribution in [2.45, 2.75) is 85.7 Å². The smallest absolute Gasteiger partial charge is 0.0745 e. The molecule has 0 aliphatic carbocycles. The van der Waals surface area contributed by atoms with E-state index in [1.807, 2.05) is 0 Å². The van der Waals surface area contributed by atoms with Crippen LogP contribution >= 0.6 is 0 Å². The summed E-state index contributed by atoms with van der Waals surface area (Å²) >= 11 is 0. The third-order valence-corrected chi connectivity index (χ3v) is 4.36. The first-order chi connectivity index (χ1) is 9.40. The molecular formula is C17H36O4. The Morgan fingerprint density at radius 2 is 1.33 bits per heavy atom. The van der Waals surface area contributed by atoms with Crippen molar-refractivity contribution in [1.29, 1.82) is 0 Å². The molecule has 0 aromatic rings. The summed E-state index contributed by atoms with van der Waals surface area (Å²) in [5.41, 5.74) is -0.407. The Hall–Kier alpha value is -0.160. The molecule has 4 heteroatoms. The second-order valence-electron chi connectivity index (χ2n) is 7.58. The van der Waals surface area contributed by atoms with Crippen molar-refractivity contribution in [2.24, 2.45) is 11.3 Å². The van der Waals surface area contributed by atoms with Crippen LogP contribution < -0.4 is 0 Å². The molecule has 2 N–H and O–H groups in total. The second kappa shape index (κ2) is 8.47. The normalized spacial score (nSPS) is 20.1. The van der Waals surface area contributed by atoms with E-state index in [9.17, 15) is 10.2 Å². The number of aliphatic hydroxyl groups excluding tert-OH is 2. The highest BCUT2D eigenvalue weighted by atomic mass is 16.5. The van der Waals surface area contributed by atoms with Crippen molar-refractivity contribution >= 4 is 0 Å². The van der Waals surface area contributed by atoms with Crippen LogP contribution in [0.5, 0.6) is 0 Å². The predicted octanol–water partition coefficient (Wildman–Crippen LogP) is 3.00. The van der Waals surface area contributed by atoms with Crippen LogP contribution in [0, 0.1) is 11.3 Å². The average molecular weight is 304 g/mol. The molecule has 4 atom stereocenters. The first-order valence-electron chi connectivity index (χ1n) is 8.02. The maximum absolute atomic E-state index is 9.41. The molecule has 0 aliphatic heterocycles. The molecule has 0 aliphatic rings. The summed E-state index contributed by atoms with van der Waals surface area (Å²) < 4.78 is 11.7. The monoisotopic (exact) mass is 304 g/mol. The fourth-order valence-electron chi connectivity index (χ4n) is 2.61. The van der Waals surface area contributed by atoms with Gasteiger partial charge >= 0.3 is 0 Å². The third-order valence-electron chi connectivity index (χ3n) is 4.36. The summed E-state index contributed by atoms with van der Waals surface area (Å²) in [6.07, 6.45) is -0.0749. The van der Waals surface area contributed by atoms with Gasteiger partial charge < -0.3 is 19.7 Å². The zero-order valence-corrected chi connectivity index (χ0v) is 15.1. The van der Waals surface area contributed by atoms with Crippen LogP contribution in [0.15, 0.2) is 0 Å². The lowest BCUT2D eigenvalue weighted by molar-refractivity contribution is -0.126. The topological polar surface area (TPSA) is 58.9 Å². The lowest BCUT2D eigenvalue weighted by Gasteiger charge is -2.44. The molecule has 0 fully saturated rings. The van der Waals surface area contributed by atoms with Crippen molar-refractivity contribution in [2.75, 3.05) is 13.2 Å². The Morgan fingerprint density at radius 1 is 0.857 bits per heavy atom. The maximum atomic E-state index is 9.41. The molecule has 0 aromatic carbocycles. The summed E-state index contributed by atoms with van der Waals surface area (Å²) in [5, 5.41) is 18.8. The van der Waals surface area contributed by atoms with E-state index in [2.05, 4.69) is 41.5 Å². The minimum Gasteiger partial charge on any atom is -0.391 e. The van der Waals surface area contributed by atoms with Gasteiger partial charge in [-0.15, -0.1) is 0 Å². The highest BCUT2D eigenvalue weighted by molar-refractivity contribution is 4.90. The van der Waals surface area contributed by atoms with Gasteiger partial charge in [0.25, 0.3) is 0 Å². The van der Waals surface area contributed by atoms with Gasteiger partial charge in [0, 0.05) is 0 Å². The summed E-state index contributed by atoms with van der Waals surface area (Å²) in [6.45, 7) is 16.9. The quantitative estimate of drug-likeness (QED) is 0.651. The van der Waals surface area contributed by atoms with Gasteiger partial charge in [-0.05, 0) is 52.4 Å². The molecule has 0 rings (SSSR count). The van der Waals surface area contributed by atoms with Crippen LogP contribution in [0.25, 0.3) is 0 Å². The van der Waals surface area contributed by atoms with Crippen molar-refractivity contribution in [3.05, 3.63) is 0 Å². The Kier molecular flexibility index (Phi) is 8.40. The highest BCUT2D eigenvalue weighted by Gasteiger charge is 2.40. The summed E-state index contributed by atoms with van der Waals surface area (Å²) in [4.78, 5) is 0. The molecule has 0 aromatic heterocycles. The molecule has 0 heterocycles. The van der Waals surface area contributed by atoms with E-state index in [1.165, 1.54) is 0 Å². The third kappa shape index (κ3) is 7.59. The van der Waals surface area contributed by atoms with Crippen molar-refractivity contribution in [1.82, 2.24) is 0 Å². The minimum atomic E-state index is -0.460. The van der Waals surface area contributed by atoms with Crippen LogP contribution in [-0.4, -0.2) is 47.3 Å². The van der Waals surface area contributed by atoms with Crippen LogP contribution in [0.1, 0.15) is 61.8 Å². The van der Waals surface area contributed by atoms with Crippen LogP contribution in [0.3, 0.4) is 0 Å². The number of ether oxygens (including phenoxy) is 2. The van der Waals surface area contributed by atoms with Crippen LogP contribution in [-0.2, 0) is 9.47 Å². The Balaban J connectivity index is 4.85. The molecule has 0 radical (unpaired) electrons. The molecular weight excluding hydrogens is 268 g/mol. The van der Waals surface area contributed by atoms with Crippen LogP contribution in [0.4, 0.5) is 0 Å². The second-order valence-corrected chi connectivity index (χ2v) is 7.58. The lowest BCUT2D eigenvalue weighted by atomic mass is 9.68. The summed E-state index contributed by atoms with van der Waals surface area (Å²) in [5.74, 6) is 0.413. The number of aliphatic hydroxyl groups is 2. The standard InChI is InChI=1S/C17H36O4/c1-12(2)17(8,15(5)20-9-13(3)18)11-16(6,7)21-10-14(4)19/h12-15,18-19H,9-11H2,1-8H3. The van der Waals surface area contributed by atoms with Crippen molar-refractivity contribution in [3.8, 4) is 0 Å². The zero-order chi connectivity index (χ0) is 16.8. The molecule has 0 saturated carbocycles. The van der Waals surface area contributed by atoms with Gasteiger partial charge in [0.15, 0.2) is 0 Å². The van der Waals surface area contributed by atoms with E-state index in [4.69, 9.17) is 9.47 Å². The Morgan fingerprint density at radius 3 is 1.71 bits per heavy atom. The zero-order valence-electron chi connectivity index (χ0n) is 15.1. The van der Waals surface area contributed by atoms with E-state index in [-0.39, 0.29) is 17.1 Å². The SMILES string of the molecule is CC(O)COC(C)C(C)(CC(C)(C)OCC(C)O)C(C)C. The molecule has 0 saturated heterocycles. The average Bonchev–Trinajstić information content (AvgIpc) is 2.32. The Bertz CT molecular complexity index is 287. The molecule has 21 heavy (non-hydrogen) atoms. The molecule has 0 amide bonds. The molecule has 4 unspecified atom stereocenters. The van der Waals surface area contributed by atoms with Crippen LogP contribution in [0.2, 0.25) is 0 Å². The van der Waals surface area contributed by atoms with Gasteiger partial charge in [0.2, 0.25) is 0 Å². The van der Waals surface area contributed by atoms with E-state index >= 15 is 0 Å². The van der Waals surface area contributed by atoms with E-state index in [0.29, 0.717) is 19.1 Å². The van der Waals surface area contributed by atoms with Gasteiger partial charge in [-0.25, -0.2) is 0 Å². The molecule has 4 nitrogen and oxygen atoms in total. The fraction of sp³-hybridized carbons (Fsp3) is 1.00. The van der Waals surface area contributed by atoms with Crippen molar-refractivity contribution in [3.63, 3.8) is 0 Å².